The van der Waals surface area contributed by atoms with Crippen LogP contribution in [-0.4, -0.2) is 35.0 Å². The van der Waals surface area contributed by atoms with Crippen molar-refractivity contribution in [2.75, 3.05) is 12.9 Å². The fraction of sp³-hybridized carbons (Fsp3) is 0.471. The maximum atomic E-state index is 11.9. The van der Waals surface area contributed by atoms with E-state index in [1.54, 1.807) is 18.9 Å². The Kier molecular flexibility index (Phi) is 8.57. The Morgan fingerprint density at radius 3 is 2.56 bits per heavy atom. The summed E-state index contributed by atoms with van der Waals surface area (Å²) in [5.74, 6) is 2.12. The van der Waals surface area contributed by atoms with Gasteiger partial charge in [-0.25, -0.2) is 0 Å². The summed E-state index contributed by atoms with van der Waals surface area (Å²) in [7, 11) is 1.66. The molecule has 1 aromatic heterocycles. The third kappa shape index (κ3) is 7.25. The lowest BCUT2D eigenvalue weighted by Crippen LogP contribution is -2.33. The highest BCUT2D eigenvalue weighted by molar-refractivity contribution is 8.03. The molecule has 0 bridgehead atoms. The highest BCUT2D eigenvalue weighted by Gasteiger charge is 2.10. The van der Waals surface area contributed by atoms with Gasteiger partial charge in [-0.15, -0.1) is 10.2 Å². The van der Waals surface area contributed by atoms with Gasteiger partial charge in [0.2, 0.25) is 5.91 Å². The van der Waals surface area contributed by atoms with Crippen LogP contribution in [0.1, 0.15) is 32.3 Å². The molecule has 136 valence electrons. The second-order valence-electron chi connectivity index (χ2n) is 5.52. The first-order valence-electron chi connectivity index (χ1n) is 8.12. The van der Waals surface area contributed by atoms with Crippen LogP contribution in [0.3, 0.4) is 0 Å². The van der Waals surface area contributed by atoms with Gasteiger partial charge in [-0.05, 0) is 31.0 Å². The topological polar surface area (TPSA) is 64.1 Å². The number of aromatic nitrogens is 2. The maximum absolute atomic E-state index is 11.9. The number of methoxy groups -OCH3 is 1. The van der Waals surface area contributed by atoms with Gasteiger partial charge in [0.15, 0.2) is 8.68 Å². The Labute approximate surface area is 161 Å². The molecule has 0 aliphatic heterocycles. The zero-order chi connectivity index (χ0) is 18.1. The van der Waals surface area contributed by atoms with Gasteiger partial charge >= 0.3 is 0 Å². The molecule has 0 spiro atoms. The third-order valence-electron chi connectivity index (χ3n) is 3.37. The molecule has 5 nitrogen and oxygen atoms in total. The van der Waals surface area contributed by atoms with Crippen LogP contribution < -0.4 is 10.1 Å². The summed E-state index contributed by atoms with van der Waals surface area (Å²) < 4.78 is 6.90. The summed E-state index contributed by atoms with van der Waals surface area (Å²) in [6, 6.07) is 8.22. The van der Waals surface area contributed by atoms with Crippen molar-refractivity contribution in [3.05, 3.63) is 29.8 Å². The van der Waals surface area contributed by atoms with Crippen LogP contribution in [0.25, 0.3) is 0 Å². The molecule has 1 aromatic carbocycles. The zero-order valence-corrected chi connectivity index (χ0v) is 17.1. The van der Waals surface area contributed by atoms with Gasteiger partial charge in [-0.3, -0.25) is 4.79 Å². The van der Waals surface area contributed by atoms with Crippen molar-refractivity contribution in [3.8, 4) is 5.75 Å². The number of hydrogen-bond donors (Lipinski definition) is 1. The first-order valence-corrected chi connectivity index (χ1v) is 10.9. The minimum absolute atomic E-state index is 0.0496. The van der Waals surface area contributed by atoms with Crippen molar-refractivity contribution >= 4 is 40.8 Å². The van der Waals surface area contributed by atoms with Crippen LogP contribution >= 0.6 is 34.9 Å². The molecule has 0 aliphatic carbocycles. The van der Waals surface area contributed by atoms with Crippen molar-refractivity contribution in [3.63, 3.8) is 0 Å². The molecule has 8 heteroatoms. The van der Waals surface area contributed by atoms with Gasteiger partial charge < -0.3 is 10.1 Å². The molecule has 0 aliphatic rings. The normalized spacial score (nSPS) is 12.0. The minimum atomic E-state index is 0.0496. The fourth-order valence-corrected chi connectivity index (χ4v) is 4.92. The number of nitrogens with zero attached hydrogens (tertiary/aromatic N) is 2. The van der Waals surface area contributed by atoms with Gasteiger partial charge in [0, 0.05) is 11.8 Å². The van der Waals surface area contributed by atoms with Gasteiger partial charge in [0.05, 0.1) is 12.9 Å². The SMILES string of the molecule is CCC[C@@H](C)NC(=O)CSc1nnc(SCc2ccc(OC)cc2)s1. The number of thioether (sulfide) groups is 2. The average Bonchev–Trinajstić information content (AvgIpc) is 3.07. The molecule has 2 rings (SSSR count). The second kappa shape index (κ2) is 10.7. The summed E-state index contributed by atoms with van der Waals surface area (Å²) in [6.45, 7) is 4.15. The van der Waals surface area contributed by atoms with Crippen molar-refractivity contribution < 1.29 is 9.53 Å². The standard InChI is InChI=1S/C17H23N3O2S3/c1-4-5-12(2)18-15(21)11-24-17-20-19-16(25-17)23-10-13-6-8-14(22-3)9-7-13/h6-9,12H,4-5,10-11H2,1-3H3,(H,18,21)/t12-/m1/s1. The first-order chi connectivity index (χ1) is 12.1. The summed E-state index contributed by atoms with van der Waals surface area (Å²) in [5.41, 5.74) is 1.21. The number of rotatable bonds is 10. The molecule has 1 N–H and O–H groups in total. The Morgan fingerprint density at radius 1 is 1.24 bits per heavy atom. The quantitative estimate of drug-likeness (QED) is 0.605. The number of hydrogen-bond acceptors (Lipinski definition) is 7. The number of benzene rings is 1. The average molecular weight is 398 g/mol. The number of amides is 1. The highest BCUT2D eigenvalue weighted by atomic mass is 32.2. The maximum Gasteiger partial charge on any atom is 0.230 e. The molecule has 1 heterocycles. The van der Waals surface area contributed by atoms with Gasteiger partial charge in [0.25, 0.3) is 0 Å². The molecule has 0 unspecified atom stereocenters. The second-order valence-corrected chi connectivity index (χ2v) is 8.94. The lowest BCUT2D eigenvalue weighted by molar-refractivity contribution is -0.119. The van der Waals surface area contributed by atoms with Crippen molar-refractivity contribution in [1.82, 2.24) is 15.5 Å². The monoisotopic (exact) mass is 397 g/mol. The van der Waals surface area contributed by atoms with Crippen LogP contribution in [0.4, 0.5) is 0 Å². The summed E-state index contributed by atoms with van der Waals surface area (Å²) in [4.78, 5) is 11.9. The van der Waals surface area contributed by atoms with Crippen molar-refractivity contribution in [1.29, 1.82) is 0 Å². The van der Waals surface area contributed by atoms with Crippen LogP contribution in [-0.2, 0) is 10.5 Å². The van der Waals surface area contributed by atoms with Crippen molar-refractivity contribution in [2.45, 2.75) is 47.2 Å². The van der Waals surface area contributed by atoms with E-state index in [4.69, 9.17) is 4.74 Å². The molecule has 1 atom stereocenters. The van der Waals surface area contributed by atoms with Crippen LogP contribution in [0.2, 0.25) is 0 Å². The van der Waals surface area contributed by atoms with E-state index >= 15 is 0 Å². The Morgan fingerprint density at radius 2 is 1.92 bits per heavy atom. The van der Waals surface area contributed by atoms with Crippen LogP contribution in [0.5, 0.6) is 5.75 Å². The molecule has 0 fully saturated rings. The van der Waals surface area contributed by atoms with E-state index in [-0.39, 0.29) is 11.9 Å². The lowest BCUT2D eigenvalue weighted by atomic mass is 10.2. The van der Waals surface area contributed by atoms with E-state index in [2.05, 4.69) is 22.4 Å². The first kappa shape index (κ1) is 20.1. The minimum Gasteiger partial charge on any atom is -0.497 e. The Hall–Kier alpha value is -1.25. The zero-order valence-electron chi connectivity index (χ0n) is 14.7. The van der Waals surface area contributed by atoms with Gasteiger partial charge in [-0.2, -0.15) is 0 Å². The number of nitrogens with one attached hydrogen (secondary N) is 1. The summed E-state index contributed by atoms with van der Waals surface area (Å²) in [6.07, 6.45) is 2.07. The van der Waals surface area contributed by atoms with Gasteiger partial charge in [0.1, 0.15) is 5.75 Å². The molecule has 0 radical (unpaired) electrons. The van der Waals surface area contributed by atoms with Crippen molar-refractivity contribution in [2.24, 2.45) is 0 Å². The third-order valence-corrected chi connectivity index (χ3v) is 6.63. The summed E-state index contributed by atoms with van der Waals surface area (Å²) in [5, 5.41) is 11.3. The predicted molar refractivity (Wildman–Crippen MR) is 106 cm³/mol. The smallest absolute Gasteiger partial charge is 0.230 e. The molecular formula is C17H23N3O2S3. The molecule has 2 aromatic rings. The molecule has 0 saturated heterocycles. The van der Waals surface area contributed by atoms with E-state index in [0.717, 1.165) is 33.0 Å². The van der Waals surface area contributed by atoms with Crippen LogP contribution in [0.15, 0.2) is 32.9 Å². The van der Waals surface area contributed by atoms with E-state index in [1.807, 2.05) is 31.2 Å². The molecule has 1 amide bonds. The lowest BCUT2D eigenvalue weighted by Gasteiger charge is -2.11. The summed E-state index contributed by atoms with van der Waals surface area (Å²) >= 11 is 4.62. The van der Waals surface area contributed by atoms with Crippen LogP contribution in [0, 0.1) is 0 Å². The van der Waals surface area contributed by atoms with Gasteiger partial charge in [-0.1, -0.05) is 60.3 Å². The number of ether oxygens (including phenoxy) is 1. The van der Waals surface area contributed by atoms with E-state index in [0.29, 0.717) is 5.75 Å². The van der Waals surface area contributed by atoms with E-state index in [9.17, 15) is 4.79 Å². The fourth-order valence-electron chi connectivity index (χ4n) is 2.13. The Bertz CT molecular complexity index is 661. The number of carbonyl (C=O) groups excluding carboxylic acids is 1. The van der Waals surface area contributed by atoms with E-state index < -0.39 is 0 Å². The Balaban J connectivity index is 1.74. The largest absolute Gasteiger partial charge is 0.497 e. The van der Waals surface area contributed by atoms with E-state index in [1.165, 1.54) is 28.7 Å². The molecular weight excluding hydrogens is 374 g/mol. The molecule has 0 saturated carbocycles. The highest BCUT2D eigenvalue weighted by Crippen LogP contribution is 2.30. The predicted octanol–water partition coefficient (Wildman–Crippen LogP) is 4.24. The molecule has 25 heavy (non-hydrogen) atoms. The number of carbonyl (C=O) groups is 1.